The fourth-order valence-corrected chi connectivity index (χ4v) is 6.40. The number of hydrogen-bond donors (Lipinski definition) is 1. The van der Waals surface area contributed by atoms with E-state index in [-0.39, 0.29) is 30.1 Å². The molecule has 3 heterocycles. The highest BCUT2D eigenvalue weighted by Crippen LogP contribution is 2.40. The minimum absolute atomic E-state index is 0.0391. The molecular weight excluding hydrogens is 472 g/mol. The summed E-state index contributed by atoms with van der Waals surface area (Å²) in [5, 5.41) is 16.6. The molecule has 1 aromatic heterocycles. The Morgan fingerprint density at radius 1 is 1.00 bits per heavy atom. The number of piperidine rings is 1. The van der Waals surface area contributed by atoms with Crippen molar-refractivity contribution in [1.82, 2.24) is 30.4 Å². The topological polar surface area (TPSA) is 111 Å². The second kappa shape index (κ2) is 11.7. The predicted molar refractivity (Wildman–Crippen MR) is 136 cm³/mol. The Hall–Kier alpha value is -2.85. The molecule has 200 valence electrons. The molecule has 0 spiro atoms. The van der Waals surface area contributed by atoms with Gasteiger partial charge in [-0.15, -0.1) is 10.2 Å². The maximum atomic E-state index is 12.9. The number of hydrogen-bond acceptors (Lipinski definition) is 9. The second-order valence-electron chi connectivity index (χ2n) is 10.6. The molecule has 0 amide bonds. The van der Waals surface area contributed by atoms with E-state index in [9.17, 15) is 9.59 Å². The van der Waals surface area contributed by atoms with Crippen molar-refractivity contribution in [3.05, 3.63) is 30.3 Å². The zero-order chi connectivity index (χ0) is 25.8. The standard InChI is InChI=1S/C27H38N6O4/c1-3-36-26(34)23-13-21-12-18(10-11-20(21)15-28-23)16-32-17-22(14-24(32)27(35)37-4-2)33-30-25(29-31-33)19-8-6-5-7-9-19/h5-9,18,20-24,28H,3-4,10-17H2,1-2H3. The van der Waals surface area contributed by atoms with Gasteiger partial charge < -0.3 is 14.8 Å². The molecule has 6 unspecified atom stereocenters. The summed E-state index contributed by atoms with van der Waals surface area (Å²) in [6, 6.07) is 9.24. The van der Waals surface area contributed by atoms with Gasteiger partial charge in [0, 0.05) is 18.7 Å². The Morgan fingerprint density at radius 2 is 1.78 bits per heavy atom. The van der Waals surface area contributed by atoms with Gasteiger partial charge in [0.25, 0.3) is 0 Å². The van der Waals surface area contributed by atoms with E-state index in [2.05, 4.69) is 25.6 Å². The van der Waals surface area contributed by atoms with E-state index in [1.807, 2.05) is 44.2 Å². The van der Waals surface area contributed by atoms with Gasteiger partial charge in [-0.3, -0.25) is 14.5 Å². The van der Waals surface area contributed by atoms with Gasteiger partial charge in [0.05, 0.1) is 19.3 Å². The van der Waals surface area contributed by atoms with Crippen LogP contribution in [0.25, 0.3) is 11.4 Å². The number of nitrogens with zero attached hydrogens (tertiary/aromatic N) is 5. The Labute approximate surface area is 218 Å². The number of likely N-dealkylation sites (tertiary alicyclic amines) is 1. The first kappa shape index (κ1) is 25.8. The van der Waals surface area contributed by atoms with Gasteiger partial charge in [-0.25, -0.2) is 0 Å². The van der Waals surface area contributed by atoms with Gasteiger partial charge in [0.2, 0.25) is 5.82 Å². The third kappa shape index (κ3) is 5.85. The first-order valence-corrected chi connectivity index (χ1v) is 13.7. The minimum Gasteiger partial charge on any atom is -0.465 e. The van der Waals surface area contributed by atoms with Crippen LogP contribution >= 0.6 is 0 Å². The van der Waals surface area contributed by atoms with Crippen molar-refractivity contribution in [2.24, 2.45) is 17.8 Å². The molecule has 0 bridgehead atoms. The lowest BCUT2D eigenvalue weighted by molar-refractivity contribution is -0.149. The smallest absolute Gasteiger partial charge is 0.323 e. The third-order valence-electron chi connectivity index (χ3n) is 8.20. The van der Waals surface area contributed by atoms with Crippen LogP contribution < -0.4 is 5.32 Å². The highest BCUT2D eigenvalue weighted by atomic mass is 16.5. The Kier molecular flexibility index (Phi) is 8.14. The van der Waals surface area contributed by atoms with Crippen LogP contribution in [0.5, 0.6) is 0 Å². The number of tetrazole rings is 1. The number of esters is 2. The highest BCUT2D eigenvalue weighted by molar-refractivity contribution is 5.76. The predicted octanol–water partition coefficient (Wildman–Crippen LogP) is 2.48. The Morgan fingerprint density at radius 3 is 2.57 bits per heavy atom. The lowest BCUT2D eigenvalue weighted by Gasteiger charge is -2.43. The summed E-state index contributed by atoms with van der Waals surface area (Å²) in [6.07, 6.45) is 4.78. The van der Waals surface area contributed by atoms with Gasteiger partial charge in [-0.05, 0) is 75.5 Å². The van der Waals surface area contributed by atoms with Crippen molar-refractivity contribution < 1.29 is 19.1 Å². The van der Waals surface area contributed by atoms with Crippen LogP contribution in [0.15, 0.2) is 30.3 Å². The monoisotopic (exact) mass is 510 g/mol. The fourth-order valence-electron chi connectivity index (χ4n) is 6.40. The van der Waals surface area contributed by atoms with Crippen LogP contribution in [0.1, 0.15) is 52.0 Å². The van der Waals surface area contributed by atoms with E-state index in [0.717, 1.165) is 44.3 Å². The van der Waals surface area contributed by atoms with Crippen molar-refractivity contribution in [3.8, 4) is 11.4 Å². The summed E-state index contributed by atoms with van der Waals surface area (Å²) >= 11 is 0. The maximum absolute atomic E-state index is 12.9. The van der Waals surface area contributed by atoms with Gasteiger partial charge in [0.1, 0.15) is 12.1 Å². The quantitative estimate of drug-likeness (QED) is 0.535. The van der Waals surface area contributed by atoms with E-state index >= 15 is 0 Å². The fraction of sp³-hybridized carbons (Fsp3) is 0.667. The zero-order valence-corrected chi connectivity index (χ0v) is 21.8. The summed E-state index contributed by atoms with van der Waals surface area (Å²) in [6.45, 7) is 6.86. The van der Waals surface area contributed by atoms with Crippen LogP contribution in [-0.2, 0) is 19.1 Å². The molecule has 1 N–H and O–H groups in total. The molecule has 0 radical (unpaired) electrons. The average Bonchev–Trinajstić information content (AvgIpc) is 3.57. The first-order valence-electron chi connectivity index (χ1n) is 13.7. The molecule has 1 saturated carbocycles. The summed E-state index contributed by atoms with van der Waals surface area (Å²) in [5.74, 6) is 1.85. The van der Waals surface area contributed by atoms with E-state index in [1.54, 1.807) is 4.80 Å². The number of carbonyl (C=O) groups excluding carboxylic acids is 2. The van der Waals surface area contributed by atoms with E-state index in [4.69, 9.17) is 9.47 Å². The number of fused-ring (bicyclic) bond motifs is 1. The molecule has 2 aromatic rings. The number of nitrogens with one attached hydrogen (secondary N) is 1. The molecule has 3 aliphatic rings. The minimum atomic E-state index is -0.311. The number of rotatable bonds is 8. The van der Waals surface area contributed by atoms with Crippen molar-refractivity contribution in [1.29, 1.82) is 0 Å². The molecule has 10 heteroatoms. The van der Waals surface area contributed by atoms with Crippen molar-refractivity contribution in [3.63, 3.8) is 0 Å². The SMILES string of the molecule is CCOC(=O)C1CC2CC(CN3CC(n4nnc(-c5ccccc5)n4)CC3C(=O)OCC)CCC2CN1. The van der Waals surface area contributed by atoms with Crippen molar-refractivity contribution >= 4 is 11.9 Å². The Balaban J connectivity index is 1.25. The molecule has 5 rings (SSSR count). The number of ether oxygens (including phenoxy) is 2. The van der Waals surface area contributed by atoms with Crippen LogP contribution in [0, 0.1) is 17.8 Å². The van der Waals surface area contributed by atoms with Crippen LogP contribution in [0.2, 0.25) is 0 Å². The normalized spacial score (nSPS) is 30.0. The van der Waals surface area contributed by atoms with Crippen molar-refractivity contribution in [2.45, 2.75) is 64.1 Å². The van der Waals surface area contributed by atoms with Crippen LogP contribution in [-0.4, -0.2) is 82.0 Å². The van der Waals surface area contributed by atoms with Gasteiger partial charge in [-0.1, -0.05) is 30.3 Å². The summed E-state index contributed by atoms with van der Waals surface area (Å²) in [4.78, 5) is 29.2. The summed E-state index contributed by atoms with van der Waals surface area (Å²) < 4.78 is 10.7. The van der Waals surface area contributed by atoms with E-state index in [0.29, 0.717) is 49.8 Å². The molecule has 6 atom stereocenters. The van der Waals surface area contributed by atoms with Gasteiger partial charge in [0.15, 0.2) is 0 Å². The largest absolute Gasteiger partial charge is 0.465 e. The molecule has 1 aliphatic carbocycles. The average molecular weight is 511 g/mol. The molecule has 1 aromatic carbocycles. The van der Waals surface area contributed by atoms with Crippen LogP contribution in [0.3, 0.4) is 0 Å². The number of aromatic nitrogens is 4. The zero-order valence-electron chi connectivity index (χ0n) is 21.8. The van der Waals surface area contributed by atoms with Gasteiger partial charge in [-0.2, -0.15) is 4.80 Å². The Bertz CT molecular complexity index is 1060. The molecule has 2 saturated heterocycles. The lowest BCUT2D eigenvalue weighted by Crippen LogP contribution is -2.51. The van der Waals surface area contributed by atoms with E-state index < -0.39 is 0 Å². The maximum Gasteiger partial charge on any atom is 0.323 e. The summed E-state index contributed by atoms with van der Waals surface area (Å²) in [7, 11) is 0. The molecule has 37 heavy (non-hydrogen) atoms. The molecule has 2 aliphatic heterocycles. The molecule has 10 nitrogen and oxygen atoms in total. The van der Waals surface area contributed by atoms with E-state index in [1.165, 1.54) is 0 Å². The summed E-state index contributed by atoms with van der Waals surface area (Å²) in [5.41, 5.74) is 0.922. The number of carbonyl (C=O) groups is 2. The lowest BCUT2D eigenvalue weighted by atomic mass is 9.69. The van der Waals surface area contributed by atoms with Gasteiger partial charge >= 0.3 is 11.9 Å². The molecule has 3 fully saturated rings. The first-order chi connectivity index (χ1) is 18.1. The van der Waals surface area contributed by atoms with Crippen LogP contribution in [0.4, 0.5) is 0 Å². The van der Waals surface area contributed by atoms with Crippen molar-refractivity contribution in [2.75, 3.05) is 32.8 Å². The highest BCUT2D eigenvalue weighted by Gasteiger charge is 2.43. The third-order valence-corrected chi connectivity index (χ3v) is 8.20. The number of benzene rings is 1. The molecular formula is C27H38N6O4. The second-order valence-corrected chi connectivity index (χ2v) is 10.6.